The van der Waals surface area contributed by atoms with Gasteiger partial charge in [0.15, 0.2) is 11.5 Å². The van der Waals surface area contributed by atoms with Gasteiger partial charge in [-0.15, -0.1) is 0 Å². The molecule has 1 aliphatic rings. The second kappa shape index (κ2) is 7.38. The molecule has 1 aromatic carbocycles. The lowest BCUT2D eigenvalue weighted by molar-refractivity contribution is 0.0580. The summed E-state index contributed by atoms with van der Waals surface area (Å²) in [4.78, 5) is 15.1. The van der Waals surface area contributed by atoms with Gasteiger partial charge in [0, 0.05) is 18.9 Å². The second-order valence-electron chi connectivity index (χ2n) is 5.92. The first-order valence-corrected chi connectivity index (χ1v) is 8.24. The third-order valence-corrected chi connectivity index (χ3v) is 4.48. The lowest BCUT2D eigenvalue weighted by Crippen LogP contribution is -2.46. The van der Waals surface area contributed by atoms with E-state index in [0.717, 1.165) is 25.8 Å². The van der Waals surface area contributed by atoms with Gasteiger partial charge >= 0.3 is 0 Å². The minimum absolute atomic E-state index is 0.0115. The van der Waals surface area contributed by atoms with Gasteiger partial charge in [0.05, 0.1) is 32.4 Å². The van der Waals surface area contributed by atoms with E-state index < -0.39 is 0 Å². The normalized spacial score (nSPS) is 17.6. The number of benzene rings is 1. The number of nitrogens with zero attached hydrogens (tertiary/aromatic N) is 3. The number of para-hydroxylation sites is 1. The van der Waals surface area contributed by atoms with E-state index in [9.17, 15) is 4.79 Å². The lowest BCUT2D eigenvalue weighted by Gasteiger charge is -2.36. The zero-order valence-corrected chi connectivity index (χ0v) is 14.1. The number of ether oxygens (including phenoxy) is 2. The smallest absolute Gasteiger partial charge is 0.258 e. The van der Waals surface area contributed by atoms with Crippen molar-refractivity contribution in [2.45, 2.75) is 31.8 Å². The van der Waals surface area contributed by atoms with Crippen LogP contribution in [0.25, 0.3) is 0 Å². The summed E-state index contributed by atoms with van der Waals surface area (Å²) < 4.78 is 12.6. The number of carbonyl (C=O) groups is 1. The molecule has 0 bridgehead atoms. The summed E-state index contributed by atoms with van der Waals surface area (Å²) in [6.45, 7) is 1.47. The zero-order chi connectivity index (χ0) is 16.9. The molecule has 2 heterocycles. The number of piperidine rings is 1. The Bertz CT molecular complexity index is 685. The van der Waals surface area contributed by atoms with E-state index in [1.165, 1.54) is 0 Å². The van der Waals surface area contributed by atoms with Gasteiger partial charge in [-0.3, -0.25) is 9.48 Å². The Morgan fingerprint density at radius 3 is 2.83 bits per heavy atom. The minimum atomic E-state index is -0.0115. The molecule has 3 rings (SSSR count). The maximum Gasteiger partial charge on any atom is 0.258 e. The van der Waals surface area contributed by atoms with Crippen LogP contribution in [0.15, 0.2) is 36.7 Å². The van der Waals surface area contributed by atoms with E-state index in [2.05, 4.69) is 5.10 Å². The lowest BCUT2D eigenvalue weighted by atomic mass is 10.0. The summed E-state index contributed by atoms with van der Waals surface area (Å²) in [5.74, 6) is 1.06. The highest BCUT2D eigenvalue weighted by Gasteiger charge is 2.30. The number of hydrogen-bond donors (Lipinski definition) is 0. The van der Waals surface area contributed by atoms with Crippen molar-refractivity contribution in [2.75, 3.05) is 20.8 Å². The molecular formula is C18H23N3O3. The molecule has 6 heteroatoms. The monoisotopic (exact) mass is 329 g/mol. The van der Waals surface area contributed by atoms with Crippen LogP contribution >= 0.6 is 0 Å². The van der Waals surface area contributed by atoms with E-state index >= 15 is 0 Å². The SMILES string of the molecule is COc1cccc(C(=O)N2CCCC[C@@H]2Cn2cccn2)c1OC. The van der Waals surface area contributed by atoms with Crippen molar-refractivity contribution in [3.05, 3.63) is 42.2 Å². The van der Waals surface area contributed by atoms with Crippen LogP contribution in [-0.4, -0.2) is 47.4 Å². The maximum atomic E-state index is 13.1. The quantitative estimate of drug-likeness (QED) is 0.846. The molecule has 0 N–H and O–H groups in total. The Hall–Kier alpha value is -2.50. The predicted octanol–water partition coefficient (Wildman–Crippen LogP) is 2.60. The molecule has 24 heavy (non-hydrogen) atoms. The van der Waals surface area contributed by atoms with Crippen molar-refractivity contribution in [3.8, 4) is 11.5 Å². The summed E-state index contributed by atoms with van der Waals surface area (Å²) in [6, 6.07) is 7.46. The Kier molecular flexibility index (Phi) is 5.03. The first-order chi connectivity index (χ1) is 11.7. The molecule has 6 nitrogen and oxygen atoms in total. The molecular weight excluding hydrogens is 306 g/mol. The van der Waals surface area contributed by atoms with Crippen LogP contribution in [-0.2, 0) is 6.54 Å². The average molecular weight is 329 g/mol. The van der Waals surface area contributed by atoms with Gasteiger partial charge in [-0.05, 0) is 37.5 Å². The maximum absolute atomic E-state index is 13.1. The van der Waals surface area contributed by atoms with Crippen LogP contribution in [0.4, 0.5) is 0 Å². The largest absolute Gasteiger partial charge is 0.493 e. The summed E-state index contributed by atoms with van der Waals surface area (Å²) in [5.41, 5.74) is 0.546. The molecule has 0 saturated carbocycles. The Labute approximate surface area is 142 Å². The number of methoxy groups -OCH3 is 2. The standard InChI is InChI=1S/C18H23N3O3/c1-23-16-9-5-8-15(17(16)24-2)18(22)21-12-4-3-7-14(21)13-20-11-6-10-19-20/h5-6,8-11,14H,3-4,7,12-13H2,1-2H3/t14-/m1/s1. The summed E-state index contributed by atoms with van der Waals surface area (Å²) in [5, 5.41) is 4.27. The molecule has 0 aliphatic carbocycles. The second-order valence-corrected chi connectivity index (χ2v) is 5.92. The Balaban J connectivity index is 1.86. The molecule has 0 unspecified atom stereocenters. The topological polar surface area (TPSA) is 56.6 Å². The molecule has 1 fully saturated rings. The Morgan fingerprint density at radius 1 is 1.25 bits per heavy atom. The first-order valence-electron chi connectivity index (χ1n) is 8.24. The number of hydrogen-bond acceptors (Lipinski definition) is 4. The average Bonchev–Trinajstić information content (AvgIpc) is 3.13. The van der Waals surface area contributed by atoms with Crippen LogP contribution in [0.5, 0.6) is 11.5 Å². The van der Waals surface area contributed by atoms with Crippen molar-refractivity contribution < 1.29 is 14.3 Å². The van der Waals surface area contributed by atoms with Gasteiger partial charge in [-0.2, -0.15) is 5.10 Å². The van der Waals surface area contributed by atoms with Gasteiger partial charge in [-0.1, -0.05) is 6.07 Å². The van der Waals surface area contributed by atoms with E-state index in [0.29, 0.717) is 23.6 Å². The van der Waals surface area contributed by atoms with Crippen molar-refractivity contribution in [1.29, 1.82) is 0 Å². The number of carbonyl (C=O) groups excluding carboxylic acids is 1. The fourth-order valence-corrected chi connectivity index (χ4v) is 3.29. The third kappa shape index (κ3) is 3.22. The molecule has 2 aromatic rings. The highest BCUT2D eigenvalue weighted by atomic mass is 16.5. The van der Waals surface area contributed by atoms with Crippen molar-refractivity contribution in [3.63, 3.8) is 0 Å². The van der Waals surface area contributed by atoms with Crippen molar-refractivity contribution in [2.24, 2.45) is 0 Å². The Morgan fingerprint density at radius 2 is 2.12 bits per heavy atom. The number of rotatable bonds is 5. The van der Waals surface area contributed by atoms with Gasteiger partial charge in [0.2, 0.25) is 0 Å². The summed E-state index contributed by atoms with van der Waals surface area (Å²) in [6.07, 6.45) is 6.83. The first kappa shape index (κ1) is 16.4. The van der Waals surface area contributed by atoms with Crippen molar-refractivity contribution >= 4 is 5.91 Å². The van der Waals surface area contributed by atoms with Crippen LogP contribution in [0.1, 0.15) is 29.6 Å². The fourth-order valence-electron chi connectivity index (χ4n) is 3.29. The molecule has 128 valence electrons. The third-order valence-electron chi connectivity index (χ3n) is 4.48. The van der Waals surface area contributed by atoms with Crippen LogP contribution in [0.2, 0.25) is 0 Å². The highest BCUT2D eigenvalue weighted by Crippen LogP contribution is 2.33. The number of aromatic nitrogens is 2. The van der Waals surface area contributed by atoms with E-state index in [1.807, 2.05) is 27.9 Å². The number of likely N-dealkylation sites (tertiary alicyclic amines) is 1. The van der Waals surface area contributed by atoms with E-state index in [4.69, 9.17) is 9.47 Å². The highest BCUT2D eigenvalue weighted by molar-refractivity contribution is 5.98. The minimum Gasteiger partial charge on any atom is -0.493 e. The van der Waals surface area contributed by atoms with Crippen LogP contribution in [0, 0.1) is 0 Å². The number of amides is 1. The van der Waals surface area contributed by atoms with Crippen LogP contribution < -0.4 is 9.47 Å². The van der Waals surface area contributed by atoms with Crippen molar-refractivity contribution in [1.82, 2.24) is 14.7 Å². The molecule has 1 amide bonds. The van der Waals surface area contributed by atoms with Gasteiger partial charge in [0.25, 0.3) is 5.91 Å². The molecule has 1 aromatic heterocycles. The van der Waals surface area contributed by atoms with E-state index in [-0.39, 0.29) is 11.9 Å². The van der Waals surface area contributed by atoms with Gasteiger partial charge < -0.3 is 14.4 Å². The molecule has 1 atom stereocenters. The molecule has 1 aliphatic heterocycles. The summed E-state index contributed by atoms with van der Waals surface area (Å²) in [7, 11) is 3.14. The van der Waals surface area contributed by atoms with Crippen LogP contribution in [0.3, 0.4) is 0 Å². The predicted molar refractivity (Wildman–Crippen MR) is 90.4 cm³/mol. The molecule has 1 saturated heterocycles. The summed E-state index contributed by atoms with van der Waals surface area (Å²) >= 11 is 0. The van der Waals surface area contributed by atoms with Gasteiger partial charge in [0.1, 0.15) is 0 Å². The van der Waals surface area contributed by atoms with Gasteiger partial charge in [-0.25, -0.2) is 0 Å². The van der Waals surface area contributed by atoms with E-state index in [1.54, 1.807) is 32.5 Å². The fraction of sp³-hybridized carbons (Fsp3) is 0.444. The molecule has 0 spiro atoms. The zero-order valence-electron chi connectivity index (χ0n) is 14.1. The molecule has 0 radical (unpaired) electrons.